The Morgan fingerprint density at radius 3 is 2.45 bits per heavy atom. The second-order valence-corrected chi connectivity index (χ2v) is 10.5. The van der Waals surface area contributed by atoms with Crippen LogP contribution < -0.4 is 0 Å². The van der Waals surface area contributed by atoms with Gasteiger partial charge in [-0.1, -0.05) is 0 Å². The molecule has 3 aliphatic heterocycles. The van der Waals surface area contributed by atoms with E-state index in [0.29, 0.717) is 18.4 Å². The first-order valence-electron chi connectivity index (χ1n) is 12.2. The summed E-state index contributed by atoms with van der Waals surface area (Å²) in [5.41, 5.74) is 1.16. The van der Waals surface area contributed by atoms with Crippen LogP contribution >= 0.6 is 0 Å². The van der Waals surface area contributed by atoms with Gasteiger partial charge in [-0.3, -0.25) is 19.2 Å². The predicted octanol–water partition coefficient (Wildman–Crippen LogP) is 2.37. The molecule has 0 radical (unpaired) electrons. The zero-order valence-electron chi connectivity index (χ0n) is 19.2. The van der Waals surface area contributed by atoms with Gasteiger partial charge in [0.15, 0.2) is 0 Å². The van der Waals surface area contributed by atoms with Crippen LogP contribution in [0.3, 0.4) is 0 Å². The van der Waals surface area contributed by atoms with E-state index in [1.165, 1.54) is 5.56 Å². The molecule has 0 aromatic carbocycles. The predicted molar refractivity (Wildman–Crippen MR) is 118 cm³/mol. The molecule has 5 rings (SSSR count). The minimum Gasteiger partial charge on any atom is -0.342 e. The van der Waals surface area contributed by atoms with Crippen LogP contribution in [0.15, 0.2) is 12.4 Å². The van der Waals surface area contributed by atoms with Gasteiger partial charge in [0.2, 0.25) is 11.8 Å². The summed E-state index contributed by atoms with van der Waals surface area (Å²) in [5, 5.41) is 4.42. The minimum atomic E-state index is -0.333. The van der Waals surface area contributed by atoms with Gasteiger partial charge >= 0.3 is 0 Å². The van der Waals surface area contributed by atoms with Crippen LogP contribution in [-0.4, -0.2) is 75.6 Å². The average Bonchev–Trinajstić information content (AvgIpc) is 3.55. The van der Waals surface area contributed by atoms with Crippen molar-refractivity contribution in [2.75, 3.05) is 39.3 Å². The molecule has 2 amide bonds. The van der Waals surface area contributed by atoms with Gasteiger partial charge in [0, 0.05) is 58.0 Å². The zero-order valence-corrected chi connectivity index (χ0v) is 19.2. The Hall–Kier alpha value is -1.89. The maximum Gasteiger partial charge on any atom is 0.230 e. The Morgan fingerprint density at radius 2 is 1.81 bits per heavy atom. The Labute approximate surface area is 185 Å². The molecule has 7 nitrogen and oxygen atoms in total. The summed E-state index contributed by atoms with van der Waals surface area (Å²) in [4.78, 5) is 32.7. The summed E-state index contributed by atoms with van der Waals surface area (Å²) in [6, 6.07) is 0. The van der Waals surface area contributed by atoms with Crippen LogP contribution in [0.25, 0.3) is 0 Å². The van der Waals surface area contributed by atoms with E-state index < -0.39 is 0 Å². The van der Waals surface area contributed by atoms with Gasteiger partial charge in [0.25, 0.3) is 0 Å². The molecular weight excluding hydrogens is 390 g/mol. The number of piperidine rings is 1. The molecule has 0 unspecified atom stereocenters. The summed E-state index contributed by atoms with van der Waals surface area (Å²) in [6.07, 6.45) is 10.8. The van der Waals surface area contributed by atoms with Crippen LogP contribution in [0.1, 0.15) is 57.9 Å². The first kappa shape index (κ1) is 21.0. The van der Waals surface area contributed by atoms with Gasteiger partial charge in [-0.15, -0.1) is 0 Å². The smallest absolute Gasteiger partial charge is 0.230 e. The molecule has 0 bridgehead atoms. The molecule has 2 atom stereocenters. The number of nitrogens with zero attached hydrogens (tertiary/aromatic N) is 5. The van der Waals surface area contributed by atoms with Crippen molar-refractivity contribution in [2.45, 2.75) is 65.5 Å². The van der Waals surface area contributed by atoms with Crippen molar-refractivity contribution in [1.82, 2.24) is 24.5 Å². The number of rotatable bonds is 4. The topological polar surface area (TPSA) is 61.7 Å². The number of carbonyl (C=O) groups is 2. The minimum absolute atomic E-state index is 0.128. The summed E-state index contributed by atoms with van der Waals surface area (Å²) >= 11 is 0. The van der Waals surface area contributed by atoms with E-state index in [-0.39, 0.29) is 16.7 Å². The number of hydrogen-bond donors (Lipinski definition) is 0. The molecule has 0 N–H and O–H groups in total. The van der Waals surface area contributed by atoms with Gasteiger partial charge in [-0.05, 0) is 69.9 Å². The Bertz CT molecular complexity index is 837. The largest absolute Gasteiger partial charge is 0.342 e. The summed E-state index contributed by atoms with van der Waals surface area (Å²) in [5.74, 6) is 0.801. The molecule has 1 saturated carbocycles. The number of aromatic nitrogens is 2. The normalized spacial score (nSPS) is 30.3. The Balaban J connectivity index is 1.32. The van der Waals surface area contributed by atoms with Crippen LogP contribution in [0, 0.1) is 16.7 Å². The van der Waals surface area contributed by atoms with Crippen molar-refractivity contribution in [3.8, 4) is 0 Å². The lowest BCUT2D eigenvalue weighted by molar-refractivity contribution is -0.143. The number of aryl methyl sites for hydroxylation is 1. The summed E-state index contributed by atoms with van der Waals surface area (Å²) in [6.45, 7) is 11.0. The first-order valence-corrected chi connectivity index (χ1v) is 12.2. The standard InChI is InChI=1S/C24H37N5O2/c1-3-29-16-20(14-25-29)15-26-12-8-23(9-13-26)6-7-24(22(31)27-10-4-5-11-27)18-28(19(2)30)17-21(23)24/h14,16,21H,3-13,15,17-18H2,1-2H3/t21-,24+/m0/s1. The molecule has 31 heavy (non-hydrogen) atoms. The van der Waals surface area contributed by atoms with E-state index in [4.69, 9.17) is 0 Å². The molecule has 4 aliphatic rings. The van der Waals surface area contributed by atoms with Crippen LogP contribution in [0.5, 0.6) is 0 Å². The number of amides is 2. The molecule has 1 aromatic rings. The van der Waals surface area contributed by atoms with Crippen LogP contribution in [0.2, 0.25) is 0 Å². The van der Waals surface area contributed by atoms with Crippen molar-refractivity contribution in [2.24, 2.45) is 16.7 Å². The monoisotopic (exact) mass is 427 g/mol. The van der Waals surface area contributed by atoms with E-state index in [1.807, 2.05) is 15.8 Å². The lowest BCUT2D eigenvalue weighted by Gasteiger charge is -2.44. The fraction of sp³-hybridized carbons (Fsp3) is 0.792. The van der Waals surface area contributed by atoms with E-state index in [1.54, 1.807) is 6.92 Å². The van der Waals surface area contributed by atoms with Crippen molar-refractivity contribution < 1.29 is 9.59 Å². The first-order chi connectivity index (χ1) is 15.0. The number of carbonyl (C=O) groups excluding carboxylic acids is 2. The highest BCUT2D eigenvalue weighted by Crippen LogP contribution is 2.62. The molecule has 1 aliphatic carbocycles. The van der Waals surface area contributed by atoms with E-state index in [0.717, 1.165) is 84.3 Å². The summed E-state index contributed by atoms with van der Waals surface area (Å²) in [7, 11) is 0. The van der Waals surface area contributed by atoms with Crippen LogP contribution in [-0.2, 0) is 22.7 Å². The maximum atomic E-state index is 13.7. The fourth-order valence-corrected chi connectivity index (χ4v) is 7.06. The van der Waals surface area contributed by atoms with Crippen molar-refractivity contribution >= 4 is 11.8 Å². The second-order valence-electron chi connectivity index (χ2n) is 10.5. The highest BCUT2D eigenvalue weighted by Gasteiger charge is 2.65. The van der Waals surface area contributed by atoms with Crippen molar-refractivity contribution in [1.29, 1.82) is 0 Å². The highest BCUT2D eigenvalue weighted by atomic mass is 16.2. The SMILES string of the molecule is CCn1cc(CN2CCC3(CC2)CC[C@@]2(C(=O)N4CCCC4)CN(C(C)=O)C[C@@H]32)cn1. The molecule has 4 heterocycles. The van der Waals surface area contributed by atoms with Gasteiger partial charge in [-0.2, -0.15) is 5.10 Å². The molecule has 7 heteroatoms. The molecule has 4 fully saturated rings. The number of fused-ring (bicyclic) bond motifs is 2. The van der Waals surface area contributed by atoms with Crippen LogP contribution in [0.4, 0.5) is 0 Å². The third-order valence-corrected chi connectivity index (χ3v) is 8.88. The lowest BCUT2D eigenvalue weighted by atomic mass is 9.65. The molecule has 3 saturated heterocycles. The molecule has 170 valence electrons. The van der Waals surface area contributed by atoms with E-state index >= 15 is 0 Å². The molecule has 1 aromatic heterocycles. The second kappa shape index (κ2) is 7.91. The van der Waals surface area contributed by atoms with Gasteiger partial charge in [0.1, 0.15) is 0 Å². The quantitative estimate of drug-likeness (QED) is 0.740. The molecule has 1 spiro atoms. The third kappa shape index (κ3) is 3.49. The van der Waals surface area contributed by atoms with Gasteiger partial charge in [-0.25, -0.2) is 0 Å². The number of likely N-dealkylation sites (tertiary alicyclic amines) is 3. The van der Waals surface area contributed by atoms with Gasteiger partial charge in [0.05, 0.1) is 11.6 Å². The van der Waals surface area contributed by atoms with Crippen molar-refractivity contribution in [3.63, 3.8) is 0 Å². The number of hydrogen-bond acceptors (Lipinski definition) is 4. The Kier molecular flexibility index (Phi) is 5.35. The Morgan fingerprint density at radius 1 is 1.06 bits per heavy atom. The average molecular weight is 428 g/mol. The van der Waals surface area contributed by atoms with Gasteiger partial charge < -0.3 is 9.80 Å². The van der Waals surface area contributed by atoms with Crippen molar-refractivity contribution in [3.05, 3.63) is 18.0 Å². The zero-order chi connectivity index (χ0) is 21.6. The van der Waals surface area contributed by atoms with E-state index in [9.17, 15) is 9.59 Å². The third-order valence-electron chi connectivity index (χ3n) is 8.88. The van der Waals surface area contributed by atoms with E-state index in [2.05, 4.69) is 28.0 Å². The lowest BCUT2D eigenvalue weighted by Crippen LogP contribution is -2.49. The molecular formula is C24H37N5O2. The summed E-state index contributed by atoms with van der Waals surface area (Å²) < 4.78 is 1.99. The highest BCUT2D eigenvalue weighted by molar-refractivity contribution is 5.86. The maximum absolute atomic E-state index is 13.7. The fourth-order valence-electron chi connectivity index (χ4n) is 7.06.